The smallest absolute Gasteiger partial charge is 0.285 e. The number of hydrogen-bond donors (Lipinski definition) is 1. The molecule has 5 rings (SSSR count). The summed E-state index contributed by atoms with van der Waals surface area (Å²) in [5, 5.41) is 3.06. The zero-order valence-electron chi connectivity index (χ0n) is 18.6. The summed E-state index contributed by atoms with van der Waals surface area (Å²) < 4.78 is 34.2. The summed E-state index contributed by atoms with van der Waals surface area (Å²) in [5.41, 5.74) is 1.81. The van der Waals surface area contributed by atoms with Gasteiger partial charge in [0.15, 0.2) is 5.84 Å². The Bertz CT molecular complexity index is 1310. The number of ether oxygens (including phenoxy) is 1. The molecule has 7 nitrogen and oxygen atoms in total. The predicted molar refractivity (Wildman–Crippen MR) is 131 cm³/mol. The van der Waals surface area contributed by atoms with E-state index in [9.17, 15) is 13.2 Å². The summed E-state index contributed by atoms with van der Waals surface area (Å²) in [5.74, 6) is 1.59. The second kappa shape index (κ2) is 9.30. The molecule has 0 saturated carbocycles. The zero-order chi connectivity index (χ0) is 23.5. The van der Waals surface area contributed by atoms with Gasteiger partial charge in [-0.2, -0.15) is 8.42 Å². The fourth-order valence-electron chi connectivity index (χ4n) is 4.24. The average Bonchev–Trinajstić information content (AvgIpc) is 3.13. The van der Waals surface area contributed by atoms with E-state index in [0.717, 1.165) is 18.6 Å². The molecule has 1 N–H and O–H groups in total. The number of rotatable bonds is 5. The first-order valence-electron chi connectivity index (χ1n) is 11.3. The van der Waals surface area contributed by atoms with Crippen molar-refractivity contribution in [2.45, 2.75) is 17.7 Å². The molecule has 0 aliphatic carbocycles. The molecular formula is C26H25N3O4S. The van der Waals surface area contributed by atoms with Crippen molar-refractivity contribution in [1.82, 2.24) is 4.90 Å². The Kier molecular flexibility index (Phi) is 6.06. The van der Waals surface area contributed by atoms with E-state index in [4.69, 9.17) is 4.74 Å². The predicted octanol–water partition coefficient (Wildman–Crippen LogP) is 4.18. The SMILES string of the molecule is O=C(c1ccc(NC2=NS(=O)(=O)c3ccccc32)cc1)N1CCC(COc2ccccc2)CC1. The van der Waals surface area contributed by atoms with E-state index < -0.39 is 10.0 Å². The number of nitrogens with zero attached hydrogens (tertiary/aromatic N) is 2. The number of sulfonamides is 1. The second-order valence-corrected chi connectivity index (χ2v) is 10.0. The number of carbonyl (C=O) groups is 1. The lowest BCUT2D eigenvalue weighted by molar-refractivity contribution is 0.0661. The number of benzene rings is 3. The molecule has 8 heteroatoms. The summed E-state index contributed by atoms with van der Waals surface area (Å²) in [6, 6.07) is 23.5. The Hall–Kier alpha value is -3.65. The summed E-state index contributed by atoms with van der Waals surface area (Å²) in [6.07, 6.45) is 1.82. The summed E-state index contributed by atoms with van der Waals surface area (Å²) in [4.78, 5) is 15.0. The van der Waals surface area contributed by atoms with Crippen molar-refractivity contribution < 1.29 is 17.9 Å². The molecule has 2 aliphatic heterocycles. The second-order valence-electron chi connectivity index (χ2n) is 8.47. The van der Waals surface area contributed by atoms with Crippen LogP contribution in [0.2, 0.25) is 0 Å². The van der Waals surface area contributed by atoms with Crippen molar-refractivity contribution in [3.05, 3.63) is 90.0 Å². The van der Waals surface area contributed by atoms with E-state index in [-0.39, 0.29) is 16.6 Å². The quantitative estimate of drug-likeness (QED) is 0.598. The van der Waals surface area contributed by atoms with Crippen LogP contribution in [0.3, 0.4) is 0 Å². The minimum Gasteiger partial charge on any atom is -0.493 e. The van der Waals surface area contributed by atoms with Crippen LogP contribution in [0.15, 0.2) is 88.2 Å². The molecule has 0 radical (unpaired) electrons. The topological polar surface area (TPSA) is 88.1 Å². The van der Waals surface area contributed by atoms with Gasteiger partial charge in [-0.25, -0.2) is 0 Å². The highest BCUT2D eigenvalue weighted by Gasteiger charge is 2.28. The van der Waals surface area contributed by atoms with Gasteiger partial charge in [0.05, 0.1) is 6.61 Å². The maximum atomic E-state index is 13.0. The molecule has 1 fully saturated rings. The van der Waals surface area contributed by atoms with Crippen molar-refractivity contribution in [2.75, 3.05) is 25.0 Å². The van der Waals surface area contributed by atoms with Crippen LogP contribution in [-0.2, 0) is 10.0 Å². The van der Waals surface area contributed by atoms with Crippen molar-refractivity contribution in [3.8, 4) is 5.75 Å². The van der Waals surface area contributed by atoms with Gasteiger partial charge in [-0.05, 0) is 67.3 Å². The van der Waals surface area contributed by atoms with Gasteiger partial charge in [0, 0.05) is 29.9 Å². The summed E-state index contributed by atoms with van der Waals surface area (Å²) in [6.45, 7) is 2.06. The third-order valence-electron chi connectivity index (χ3n) is 6.16. The van der Waals surface area contributed by atoms with Gasteiger partial charge in [0.2, 0.25) is 0 Å². The number of para-hydroxylation sites is 1. The molecule has 0 unspecified atom stereocenters. The Labute approximate surface area is 199 Å². The Balaban J connectivity index is 1.17. The van der Waals surface area contributed by atoms with Crippen LogP contribution >= 0.6 is 0 Å². The van der Waals surface area contributed by atoms with E-state index in [1.54, 1.807) is 48.5 Å². The van der Waals surface area contributed by atoms with Gasteiger partial charge >= 0.3 is 0 Å². The van der Waals surface area contributed by atoms with Gasteiger partial charge in [-0.1, -0.05) is 30.3 Å². The lowest BCUT2D eigenvalue weighted by Gasteiger charge is -2.32. The monoisotopic (exact) mass is 475 g/mol. The zero-order valence-corrected chi connectivity index (χ0v) is 19.4. The van der Waals surface area contributed by atoms with Crippen LogP contribution in [0.25, 0.3) is 0 Å². The Morgan fingerprint density at radius 3 is 2.35 bits per heavy atom. The van der Waals surface area contributed by atoms with Crippen LogP contribution in [-0.4, -0.2) is 44.8 Å². The standard InChI is InChI=1S/C26H25N3O4S/c30-26(29-16-14-19(15-17-29)18-33-22-6-2-1-3-7-22)20-10-12-21(13-11-20)27-25-23-8-4-5-9-24(23)34(31,32)28-25/h1-13,19H,14-18H2,(H,27,28). The summed E-state index contributed by atoms with van der Waals surface area (Å²) in [7, 11) is -3.68. The highest BCUT2D eigenvalue weighted by Crippen LogP contribution is 2.27. The fourth-order valence-corrected chi connectivity index (χ4v) is 5.42. The molecule has 174 valence electrons. The van der Waals surface area contributed by atoms with Gasteiger partial charge in [0.25, 0.3) is 15.9 Å². The van der Waals surface area contributed by atoms with Gasteiger partial charge in [0.1, 0.15) is 10.6 Å². The number of fused-ring (bicyclic) bond motifs is 1. The molecule has 1 saturated heterocycles. The highest BCUT2D eigenvalue weighted by molar-refractivity contribution is 7.90. The van der Waals surface area contributed by atoms with Crippen LogP contribution in [0.4, 0.5) is 5.69 Å². The van der Waals surface area contributed by atoms with E-state index in [0.29, 0.717) is 42.4 Å². The van der Waals surface area contributed by atoms with Crippen LogP contribution in [0, 0.1) is 5.92 Å². The number of likely N-dealkylation sites (tertiary alicyclic amines) is 1. The average molecular weight is 476 g/mol. The molecule has 0 bridgehead atoms. The summed E-state index contributed by atoms with van der Waals surface area (Å²) >= 11 is 0. The van der Waals surface area contributed by atoms with Crippen LogP contribution < -0.4 is 10.1 Å². The van der Waals surface area contributed by atoms with Crippen molar-refractivity contribution in [2.24, 2.45) is 10.3 Å². The molecule has 2 aliphatic rings. The van der Waals surface area contributed by atoms with E-state index in [1.165, 1.54) is 0 Å². The molecule has 1 amide bonds. The van der Waals surface area contributed by atoms with Crippen LogP contribution in [0.1, 0.15) is 28.8 Å². The van der Waals surface area contributed by atoms with Gasteiger partial charge in [-0.15, -0.1) is 4.40 Å². The number of hydrogen-bond acceptors (Lipinski definition) is 5. The molecular weight excluding hydrogens is 450 g/mol. The lowest BCUT2D eigenvalue weighted by atomic mass is 9.97. The fraction of sp³-hybridized carbons (Fsp3) is 0.231. The van der Waals surface area contributed by atoms with Crippen LogP contribution in [0.5, 0.6) is 5.75 Å². The molecule has 3 aromatic carbocycles. The molecule has 0 spiro atoms. The normalized spacial score (nSPS) is 17.1. The maximum absolute atomic E-state index is 13.0. The largest absolute Gasteiger partial charge is 0.493 e. The third-order valence-corrected chi connectivity index (χ3v) is 7.49. The van der Waals surface area contributed by atoms with Gasteiger partial charge in [-0.3, -0.25) is 4.79 Å². The lowest BCUT2D eigenvalue weighted by Crippen LogP contribution is -2.39. The number of amidine groups is 1. The first-order chi connectivity index (χ1) is 16.5. The molecule has 0 atom stereocenters. The number of carbonyl (C=O) groups excluding carboxylic acids is 1. The minimum absolute atomic E-state index is 0.000100. The van der Waals surface area contributed by atoms with Crippen molar-refractivity contribution in [1.29, 1.82) is 0 Å². The molecule has 3 aromatic rings. The minimum atomic E-state index is -3.68. The van der Waals surface area contributed by atoms with E-state index in [2.05, 4.69) is 9.71 Å². The van der Waals surface area contributed by atoms with E-state index >= 15 is 0 Å². The first kappa shape index (κ1) is 22.2. The molecule has 0 aromatic heterocycles. The number of amides is 1. The molecule has 34 heavy (non-hydrogen) atoms. The molecule has 2 heterocycles. The third kappa shape index (κ3) is 4.68. The Morgan fingerprint density at radius 2 is 1.62 bits per heavy atom. The Morgan fingerprint density at radius 1 is 0.941 bits per heavy atom. The number of piperidine rings is 1. The number of anilines is 1. The van der Waals surface area contributed by atoms with Gasteiger partial charge < -0.3 is 15.0 Å². The van der Waals surface area contributed by atoms with Crippen molar-refractivity contribution in [3.63, 3.8) is 0 Å². The number of nitrogens with one attached hydrogen (secondary N) is 1. The highest BCUT2D eigenvalue weighted by atomic mass is 32.2. The van der Waals surface area contributed by atoms with E-state index in [1.807, 2.05) is 35.2 Å². The maximum Gasteiger partial charge on any atom is 0.285 e. The first-order valence-corrected chi connectivity index (χ1v) is 12.7. The van der Waals surface area contributed by atoms with Crippen molar-refractivity contribution >= 4 is 27.5 Å².